The Kier molecular flexibility index (Phi) is 6.67. The zero-order chi connectivity index (χ0) is 16.8. The Morgan fingerprint density at radius 1 is 1.32 bits per heavy atom. The minimum Gasteiger partial charge on any atom is -0.497 e. The molecule has 22 heavy (non-hydrogen) atoms. The summed E-state index contributed by atoms with van der Waals surface area (Å²) in [7, 11) is 2.22. The summed E-state index contributed by atoms with van der Waals surface area (Å²) >= 11 is 0. The molecule has 0 saturated carbocycles. The summed E-state index contributed by atoms with van der Waals surface area (Å²) in [6.07, 6.45) is 0. The molecule has 0 aromatic heterocycles. The summed E-state index contributed by atoms with van der Waals surface area (Å²) in [5.74, 6) is 2.04. The number of ether oxygens (including phenoxy) is 2. The van der Waals surface area contributed by atoms with Gasteiger partial charge < -0.3 is 20.5 Å². The van der Waals surface area contributed by atoms with Gasteiger partial charge in [0.05, 0.1) is 26.5 Å². The molecule has 7 heteroatoms. The monoisotopic (exact) mass is 327 g/mol. The molecule has 0 aliphatic heterocycles. The van der Waals surface area contributed by atoms with Gasteiger partial charge in [-0.2, -0.15) is 0 Å². The Morgan fingerprint density at radius 3 is 2.55 bits per heavy atom. The number of hydrogen-bond acceptors (Lipinski definition) is 4. The number of benzene rings is 1. The van der Waals surface area contributed by atoms with Crippen LogP contribution >= 0.6 is 0 Å². The van der Waals surface area contributed by atoms with E-state index in [9.17, 15) is 4.21 Å². The molecule has 0 saturated heterocycles. The molecule has 1 aromatic rings. The molecule has 0 spiro atoms. The van der Waals surface area contributed by atoms with Gasteiger partial charge in [0.2, 0.25) is 0 Å². The highest BCUT2D eigenvalue weighted by molar-refractivity contribution is 7.86. The van der Waals surface area contributed by atoms with Crippen LogP contribution < -0.4 is 20.5 Å². The van der Waals surface area contributed by atoms with Gasteiger partial charge in [0.1, 0.15) is 11.5 Å². The molecule has 0 aliphatic rings. The van der Waals surface area contributed by atoms with Gasteiger partial charge in [-0.3, -0.25) is 9.20 Å². The van der Waals surface area contributed by atoms with Crippen molar-refractivity contribution in [3.8, 4) is 11.5 Å². The number of anilines is 1. The van der Waals surface area contributed by atoms with Gasteiger partial charge in [-0.05, 0) is 32.9 Å². The van der Waals surface area contributed by atoms with Crippen LogP contribution in [0.5, 0.6) is 11.5 Å². The number of methoxy groups -OCH3 is 2. The maximum atomic E-state index is 11.9. The molecule has 1 aromatic carbocycles. The van der Waals surface area contributed by atoms with Gasteiger partial charge in [0.25, 0.3) is 0 Å². The third-order valence-corrected chi connectivity index (χ3v) is 4.83. The van der Waals surface area contributed by atoms with E-state index in [1.807, 2.05) is 20.8 Å². The predicted molar refractivity (Wildman–Crippen MR) is 92.4 cm³/mol. The first-order valence-corrected chi connectivity index (χ1v) is 8.27. The highest BCUT2D eigenvalue weighted by Gasteiger charge is 2.18. The number of rotatable bonds is 6. The van der Waals surface area contributed by atoms with E-state index in [0.29, 0.717) is 29.5 Å². The molecule has 1 atom stereocenters. The number of hydrogen-bond donors (Lipinski definition) is 2. The largest absolute Gasteiger partial charge is 0.497 e. The van der Waals surface area contributed by atoms with Crippen molar-refractivity contribution in [3.63, 3.8) is 0 Å². The van der Waals surface area contributed by atoms with Crippen LogP contribution in [0, 0.1) is 0 Å². The van der Waals surface area contributed by atoms with Gasteiger partial charge in [-0.15, -0.1) is 0 Å². The molecule has 0 fully saturated rings. The molecule has 0 bridgehead atoms. The molecule has 124 valence electrons. The lowest BCUT2D eigenvalue weighted by Crippen LogP contribution is -2.27. The summed E-state index contributed by atoms with van der Waals surface area (Å²) < 4.78 is 22.1. The summed E-state index contributed by atoms with van der Waals surface area (Å²) in [6.45, 7) is 6.22. The van der Waals surface area contributed by atoms with Crippen LogP contribution in [-0.4, -0.2) is 41.4 Å². The Bertz CT molecular complexity index is 553. The average Bonchev–Trinajstić information content (AvgIpc) is 2.46. The van der Waals surface area contributed by atoms with Gasteiger partial charge in [-0.1, -0.05) is 0 Å². The van der Waals surface area contributed by atoms with E-state index >= 15 is 0 Å². The fourth-order valence-electron chi connectivity index (χ4n) is 1.64. The van der Waals surface area contributed by atoms with Crippen LogP contribution in [0.1, 0.15) is 20.8 Å². The lowest BCUT2D eigenvalue weighted by atomic mass is 10.2. The molecule has 0 heterocycles. The molecule has 0 radical (unpaired) electrons. The van der Waals surface area contributed by atoms with Crippen molar-refractivity contribution in [1.29, 1.82) is 0 Å². The van der Waals surface area contributed by atoms with Crippen LogP contribution in [0.2, 0.25) is 0 Å². The number of nitrogens with two attached hydrogens (primary N) is 1. The van der Waals surface area contributed by atoms with E-state index in [1.54, 1.807) is 32.4 Å². The average molecular weight is 327 g/mol. The number of nitrogens with zero attached hydrogens (tertiary/aromatic N) is 1. The lowest BCUT2D eigenvalue weighted by Gasteiger charge is -2.16. The second-order valence-electron chi connectivity index (χ2n) is 5.62. The third-order valence-electron chi connectivity index (χ3n) is 2.91. The smallest absolute Gasteiger partial charge is 0.193 e. The second-order valence-corrected chi connectivity index (χ2v) is 7.94. The summed E-state index contributed by atoms with van der Waals surface area (Å²) in [5.41, 5.74) is 6.53. The molecule has 1 unspecified atom stereocenters. The third kappa shape index (κ3) is 5.55. The summed E-state index contributed by atoms with van der Waals surface area (Å²) in [4.78, 5) is 4.20. The molecular weight excluding hydrogens is 302 g/mol. The topological polar surface area (TPSA) is 85.9 Å². The summed E-state index contributed by atoms with van der Waals surface area (Å²) in [5, 5.41) is 2.97. The highest BCUT2D eigenvalue weighted by Crippen LogP contribution is 2.28. The Labute approximate surface area is 134 Å². The second kappa shape index (κ2) is 8.03. The molecule has 3 N–H and O–H groups in total. The normalized spacial score (nSPS) is 13.6. The Morgan fingerprint density at radius 2 is 2.00 bits per heavy atom. The first-order chi connectivity index (χ1) is 10.3. The van der Waals surface area contributed by atoms with Gasteiger partial charge in [0, 0.05) is 27.4 Å². The van der Waals surface area contributed by atoms with Crippen molar-refractivity contribution in [2.24, 2.45) is 10.7 Å². The molecule has 0 aliphatic carbocycles. The van der Waals surface area contributed by atoms with Crippen LogP contribution in [0.15, 0.2) is 23.2 Å². The zero-order valence-corrected chi connectivity index (χ0v) is 14.6. The maximum absolute atomic E-state index is 11.9. The molecule has 0 amide bonds. The van der Waals surface area contributed by atoms with Crippen molar-refractivity contribution in [2.75, 3.05) is 31.8 Å². The minimum absolute atomic E-state index is 0.242. The maximum Gasteiger partial charge on any atom is 0.193 e. The van der Waals surface area contributed by atoms with Crippen molar-refractivity contribution < 1.29 is 13.7 Å². The zero-order valence-electron chi connectivity index (χ0n) is 13.8. The summed E-state index contributed by atoms with van der Waals surface area (Å²) in [6, 6.07) is 5.35. The SMILES string of the molecule is COc1ccc(OC)c(NC(N)=NCCS(=O)C(C)(C)C)c1. The Balaban J connectivity index is 2.70. The fourth-order valence-corrected chi connectivity index (χ4v) is 2.51. The van der Waals surface area contributed by atoms with Gasteiger partial charge in [-0.25, -0.2) is 0 Å². The van der Waals surface area contributed by atoms with Crippen molar-refractivity contribution in [1.82, 2.24) is 0 Å². The minimum atomic E-state index is -0.946. The van der Waals surface area contributed by atoms with E-state index < -0.39 is 10.8 Å². The van der Waals surface area contributed by atoms with E-state index in [4.69, 9.17) is 15.2 Å². The van der Waals surface area contributed by atoms with Crippen LogP contribution in [-0.2, 0) is 10.8 Å². The fraction of sp³-hybridized carbons (Fsp3) is 0.533. The van der Waals surface area contributed by atoms with Crippen molar-refractivity contribution in [2.45, 2.75) is 25.5 Å². The van der Waals surface area contributed by atoms with Crippen molar-refractivity contribution >= 4 is 22.4 Å². The van der Waals surface area contributed by atoms with Crippen LogP contribution in [0.3, 0.4) is 0 Å². The number of guanidine groups is 1. The number of nitrogens with one attached hydrogen (secondary N) is 1. The van der Waals surface area contributed by atoms with Crippen LogP contribution in [0.4, 0.5) is 5.69 Å². The molecule has 1 rings (SSSR count). The lowest BCUT2D eigenvalue weighted by molar-refractivity contribution is 0.405. The van der Waals surface area contributed by atoms with E-state index in [1.165, 1.54) is 0 Å². The van der Waals surface area contributed by atoms with Gasteiger partial charge in [0.15, 0.2) is 5.96 Å². The molecule has 6 nitrogen and oxygen atoms in total. The highest BCUT2D eigenvalue weighted by atomic mass is 32.2. The number of aliphatic imine (C=N–C) groups is 1. The van der Waals surface area contributed by atoms with Crippen molar-refractivity contribution in [3.05, 3.63) is 18.2 Å². The first-order valence-electron chi connectivity index (χ1n) is 6.95. The van der Waals surface area contributed by atoms with Gasteiger partial charge >= 0.3 is 0 Å². The van der Waals surface area contributed by atoms with E-state index in [-0.39, 0.29) is 10.7 Å². The quantitative estimate of drug-likeness (QED) is 0.616. The van der Waals surface area contributed by atoms with E-state index in [0.717, 1.165) is 0 Å². The van der Waals surface area contributed by atoms with E-state index in [2.05, 4.69) is 10.3 Å². The molecular formula is C15H25N3O3S. The first kappa shape index (κ1) is 18.3. The predicted octanol–water partition coefficient (Wildman–Crippen LogP) is 1.98. The Hall–Kier alpha value is -1.76. The standard InChI is InChI=1S/C15H25N3O3S/c1-15(2,3)22(19)9-8-17-14(16)18-12-10-11(20-4)6-7-13(12)21-5/h6-7,10H,8-9H2,1-5H3,(H3,16,17,18). The van der Waals surface area contributed by atoms with Crippen LogP contribution in [0.25, 0.3) is 0 Å².